The second-order valence-corrected chi connectivity index (χ2v) is 7.80. The summed E-state index contributed by atoms with van der Waals surface area (Å²) >= 11 is 0. The summed E-state index contributed by atoms with van der Waals surface area (Å²) in [5.74, 6) is 0. The highest BCUT2D eigenvalue weighted by molar-refractivity contribution is 5.62. The fourth-order valence-corrected chi connectivity index (χ4v) is 4.52. The molecule has 1 aromatic carbocycles. The Morgan fingerprint density at radius 1 is 1.08 bits per heavy atom. The molecule has 1 aromatic rings. The van der Waals surface area contributed by atoms with Crippen molar-refractivity contribution in [3.05, 3.63) is 29.3 Å². The lowest BCUT2D eigenvalue weighted by Crippen LogP contribution is -2.52. The number of ether oxygens (including phenoxy) is 2. The zero-order valence-corrected chi connectivity index (χ0v) is 15.3. The van der Waals surface area contributed by atoms with Crippen LogP contribution in [0, 0.1) is 13.8 Å². The molecular weight excluding hydrogens is 316 g/mol. The molecule has 0 aliphatic carbocycles. The van der Waals surface area contributed by atoms with Gasteiger partial charge in [0.25, 0.3) is 0 Å². The van der Waals surface area contributed by atoms with Gasteiger partial charge in [0.2, 0.25) is 0 Å². The third kappa shape index (κ3) is 3.22. The average Bonchev–Trinajstić information content (AvgIpc) is 2.99. The van der Waals surface area contributed by atoms with Crippen molar-refractivity contribution in [2.24, 2.45) is 0 Å². The summed E-state index contributed by atoms with van der Waals surface area (Å²) in [4.78, 5) is 16.4. The minimum Gasteiger partial charge on any atom is -0.430 e. The zero-order chi connectivity index (χ0) is 17.4. The van der Waals surface area contributed by atoms with E-state index in [4.69, 9.17) is 9.47 Å². The molecule has 3 fully saturated rings. The van der Waals surface area contributed by atoms with E-state index >= 15 is 0 Å². The lowest BCUT2D eigenvalue weighted by molar-refractivity contribution is -0.0133. The van der Waals surface area contributed by atoms with Gasteiger partial charge in [0.15, 0.2) is 5.60 Å². The van der Waals surface area contributed by atoms with Gasteiger partial charge in [-0.1, -0.05) is 12.1 Å². The molecule has 4 rings (SSSR count). The van der Waals surface area contributed by atoms with E-state index in [0.29, 0.717) is 12.6 Å². The molecule has 25 heavy (non-hydrogen) atoms. The van der Waals surface area contributed by atoms with E-state index < -0.39 is 6.16 Å². The van der Waals surface area contributed by atoms with Crippen molar-refractivity contribution >= 4 is 11.8 Å². The van der Waals surface area contributed by atoms with Gasteiger partial charge in [-0.25, -0.2) is 4.79 Å². The van der Waals surface area contributed by atoms with Crippen LogP contribution < -0.4 is 4.90 Å². The van der Waals surface area contributed by atoms with E-state index in [0.717, 1.165) is 39.0 Å². The molecular formula is C20H28N2O3. The molecule has 3 saturated heterocycles. The topological polar surface area (TPSA) is 42.0 Å². The first-order valence-electron chi connectivity index (χ1n) is 9.47. The van der Waals surface area contributed by atoms with Gasteiger partial charge in [0.1, 0.15) is 6.61 Å². The second-order valence-electron chi connectivity index (χ2n) is 7.80. The number of benzene rings is 1. The number of likely N-dealkylation sites (tertiary alicyclic amines) is 1. The van der Waals surface area contributed by atoms with Crippen molar-refractivity contribution in [3.8, 4) is 0 Å². The van der Waals surface area contributed by atoms with Crippen molar-refractivity contribution in [2.45, 2.75) is 51.2 Å². The fraction of sp³-hybridized carbons (Fsp3) is 0.650. The second kappa shape index (κ2) is 6.52. The summed E-state index contributed by atoms with van der Waals surface area (Å²) in [7, 11) is 0. The number of hydrogen-bond donors (Lipinski definition) is 0. The van der Waals surface area contributed by atoms with Crippen molar-refractivity contribution < 1.29 is 14.3 Å². The summed E-state index contributed by atoms with van der Waals surface area (Å²) in [5.41, 5.74) is 3.83. The molecule has 0 aromatic heterocycles. The number of aryl methyl sites for hydroxylation is 1. The average molecular weight is 344 g/mol. The van der Waals surface area contributed by atoms with Crippen LogP contribution in [0.1, 0.15) is 36.8 Å². The van der Waals surface area contributed by atoms with E-state index in [1.165, 1.54) is 29.7 Å². The number of carbonyl (C=O) groups excluding carboxylic acids is 1. The molecule has 3 aliphatic heterocycles. The van der Waals surface area contributed by atoms with E-state index in [9.17, 15) is 4.79 Å². The predicted octanol–water partition coefficient (Wildman–Crippen LogP) is 3.27. The number of nitrogens with zero attached hydrogens (tertiary/aromatic N) is 2. The number of cyclic esters (lactones) is 1. The highest BCUT2D eigenvalue weighted by Gasteiger charge is 2.45. The lowest BCUT2D eigenvalue weighted by atomic mass is 9.90. The summed E-state index contributed by atoms with van der Waals surface area (Å²) in [5, 5.41) is 0. The standard InChI is InChI=1S/C20H28N2O3/c1-15-4-3-5-18(16(15)2)22-10-6-17(7-11-22)21-12-8-20(9-13-21)14-24-19(23)25-20/h3-5,17H,6-14H2,1-2H3. The smallest absolute Gasteiger partial charge is 0.430 e. The molecule has 5 heteroatoms. The predicted molar refractivity (Wildman–Crippen MR) is 97.1 cm³/mol. The fourth-order valence-electron chi connectivity index (χ4n) is 4.52. The maximum atomic E-state index is 11.3. The normalized spacial score (nSPS) is 24.4. The molecule has 5 nitrogen and oxygen atoms in total. The summed E-state index contributed by atoms with van der Waals surface area (Å²) < 4.78 is 10.5. The Hall–Kier alpha value is -1.75. The summed E-state index contributed by atoms with van der Waals surface area (Å²) in [6, 6.07) is 7.26. The molecule has 0 amide bonds. The highest BCUT2D eigenvalue weighted by Crippen LogP contribution is 2.34. The molecule has 0 bridgehead atoms. The van der Waals surface area contributed by atoms with Gasteiger partial charge in [-0.3, -0.25) is 4.90 Å². The van der Waals surface area contributed by atoms with Crippen LogP contribution in [0.2, 0.25) is 0 Å². The van der Waals surface area contributed by atoms with Crippen molar-refractivity contribution in [1.29, 1.82) is 0 Å². The van der Waals surface area contributed by atoms with Crippen molar-refractivity contribution in [2.75, 3.05) is 37.7 Å². The van der Waals surface area contributed by atoms with Gasteiger partial charge < -0.3 is 14.4 Å². The maximum absolute atomic E-state index is 11.3. The van der Waals surface area contributed by atoms with E-state index in [2.05, 4.69) is 41.8 Å². The third-order valence-corrected chi connectivity index (χ3v) is 6.36. The Morgan fingerprint density at radius 3 is 2.44 bits per heavy atom. The number of carbonyl (C=O) groups is 1. The number of hydrogen-bond acceptors (Lipinski definition) is 5. The van der Waals surface area contributed by atoms with Crippen molar-refractivity contribution in [3.63, 3.8) is 0 Å². The summed E-state index contributed by atoms with van der Waals surface area (Å²) in [6.07, 6.45) is 3.72. The molecule has 1 spiro atoms. The molecule has 0 N–H and O–H groups in total. The van der Waals surface area contributed by atoms with Gasteiger partial charge in [-0.2, -0.15) is 0 Å². The Balaban J connectivity index is 1.32. The van der Waals surface area contributed by atoms with Crippen LogP contribution in [0.25, 0.3) is 0 Å². The zero-order valence-electron chi connectivity index (χ0n) is 15.3. The van der Waals surface area contributed by atoms with Crippen LogP contribution in [0.5, 0.6) is 0 Å². The summed E-state index contributed by atoms with van der Waals surface area (Å²) in [6.45, 7) is 9.10. The Kier molecular flexibility index (Phi) is 4.36. The lowest BCUT2D eigenvalue weighted by Gasteiger charge is -2.44. The van der Waals surface area contributed by atoms with Crippen LogP contribution in [0.15, 0.2) is 18.2 Å². The third-order valence-electron chi connectivity index (χ3n) is 6.36. The van der Waals surface area contributed by atoms with Crippen LogP contribution in [0.4, 0.5) is 10.5 Å². The molecule has 3 heterocycles. The molecule has 0 unspecified atom stereocenters. The maximum Gasteiger partial charge on any atom is 0.509 e. The molecule has 0 saturated carbocycles. The van der Waals surface area contributed by atoms with Crippen LogP contribution in [0.3, 0.4) is 0 Å². The Labute approximate surface area is 149 Å². The Morgan fingerprint density at radius 2 is 1.80 bits per heavy atom. The van der Waals surface area contributed by atoms with Crippen LogP contribution in [-0.4, -0.2) is 55.5 Å². The van der Waals surface area contributed by atoms with E-state index in [1.807, 2.05) is 0 Å². The first kappa shape index (κ1) is 16.7. The van der Waals surface area contributed by atoms with Gasteiger partial charge in [0.05, 0.1) is 0 Å². The number of rotatable bonds is 2. The van der Waals surface area contributed by atoms with Gasteiger partial charge in [0, 0.05) is 50.7 Å². The van der Waals surface area contributed by atoms with Gasteiger partial charge in [-0.15, -0.1) is 0 Å². The molecule has 0 atom stereocenters. The minimum absolute atomic E-state index is 0.340. The number of anilines is 1. The largest absolute Gasteiger partial charge is 0.509 e. The van der Waals surface area contributed by atoms with Crippen molar-refractivity contribution in [1.82, 2.24) is 4.90 Å². The quantitative estimate of drug-likeness (QED) is 0.770. The first-order valence-corrected chi connectivity index (χ1v) is 9.47. The monoisotopic (exact) mass is 344 g/mol. The molecule has 3 aliphatic rings. The Bertz CT molecular complexity index is 644. The first-order chi connectivity index (χ1) is 12.1. The molecule has 0 radical (unpaired) electrons. The van der Waals surface area contributed by atoms with Crippen LogP contribution >= 0.6 is 0 Å². The molecule has 136 valence electrons. The SMILES string of the molecule is Cc1cccc(N2CCC(N3CCC4(CC3)COC(=O)O4)CC2)c1C. The van der Waals surface area contributed by atoms with E-state index in [1.54, 1.807) is 0 Å². The minimum atomic E-state index is -0.490. The van der Waals surface area contributed by atoms with Gasteiger partial charge >= 0.3 is 6.16 Å². The highest BCUT2D eigenvalue weighted by atomic mass is 16.8. The number of piperidine rings is 2. The van der Waals surface area contributed by atoms with Crippen LogP contribution in [-0.2, 0) is 9.47 Å². The van der Waals surface area contributed by atoms with Gasteiger partial charge in [-0.05, 0) is 43.9 Å². The van der Waals surface area contributed by atoms with E-state index in [-0.39, 0.29) is 5.60 Å².